The minimum absolute atomic E-state index is 0.179. The maximum absolute atomic E-state index is 12.5. The Morgan fingerprint density at radius 3 is 2.72 bits per heavy atom. The first kappa shape index (κ1) is 16.5. The summed E-state index contributed by atoms with van der Waals surface area (Å²) in [7, 11) is 0. The Morgan fingerprint density at radius 1 is 1.28 bits per heavy atom. The summed E-state index contributed by atoms with van der Waals surface area (Å²) in [6, 6.07) is 0. The molecule has 3 aliphatic rings. The SMILES string of the molecule is CC(C)Cn1nc2n(c(=O)c1=O)C[C@@]1(CCN(C(=O)C3CC3)C1)OC2. The van der Waals surface area contributed by atoms with Crippen molar-refractivity contribution in [1.29, 1.82) is 0 Å². The Balaban J connectivity index is 1.59. The summed E-state index contributed by atoms with van der Waals surface area (Å²) in [6.45, 7) is 5.98. The highest BCUT2D eigenvalue weighted by molar-refractivity contribution is 5.81. The Kier molecular flexibility index (Phi) is 3.82. The van der Waals surface area contributed by atoms with E-state index in [0.29, 0.717) is 38.4 Å². The van der Waals surface area contributed by atoms with Gasteiger partial charge in [0.2, 0.25) is 5.91 Å². The molecule has 1 amide bonds. The maximum Gasteiger partial charge on any atom is 0.332 e. The van der Waals surface area contributed by atoms with E-state index in [-0.39, 0.29) is 24.3 Å². The third-order valence-electron chi connectivity index (χ3n) is 5.26. The van der Waals surface area contributed by atoms with Crippen LogP contribution >= 0.6 is 0 Å². The number of carbonyl (C=O) groups is 1. The predicted molar refractivity (Wildman–Crippen MR) is 89.0 cm³/mol. The second-order valence-corrected chi connectivity index (χ2v) is 7.94. The van der Waals surface area contributed by atoms with Crippen molar-refractivity contribution in [1.82, 2.24) is 19.2 Å². The summed E-state index contributed by atoms with van der Waals surface area (Å²) in [5, 5.41) is 4.32. The van der Waals surface area contributed by atoms with Gasteiger partial charge in [-0.25, -0.2) is 4.68 Å². The molecule has 8 nitrogen and oxygen atoms in total. The van der Waals surface area contributed by atoms with Crippen LogP contribution in [-0.2, 0) is 29.2 Å². The van der Waals surface area contributed by atoms with Crippen molar-refractivity contribution in [2.45, 2.75) is 58.4 Å². The second kappa shape index (κ2) is 5.79. The fourth-order valence-corrected chi connectivity index (χ4v) is 3.74. The first-order valence-corrected chi connectivity index (χ1v) is 9.02. The largest absolute Gasteiger partial charge is 0.363 e. The molecular weight excluding hydrogens is 324 g/mol. The summed E-state index contributed by atoms with van der Waals surface area (Å²) in [6.07, 6.45) is 2.64. The van der Waals surface area contributed by atoms with E-state index in [4.69, 9.17) is 4.74 Å². The number of nitrogens with zero attached hydrogens (tertiary/aromatic N) is 4. The average molecular weight is 348 g/mol. The zero-order chi connectivity index (χ0) is 17.8. The summed E-state index contributed by atoms with van der Waals surface area (Å²) in [5.74, 6) is 1.09. The number of likely N-dealkylation sites (tertiary alicyclic amines) is 1. The lowest BCUT2D eigenvalue weighted by atomic mass is 10.0. The zero-order valence-corrected chi connectivity index (χ0v) is 14.7. The molecule has 1 saturated heterocycles. The molecule has 0 unspecified atom stereocenters. The van der Waals surface area contributed by atoms with Crippen LogP contribution in [0.15, 0.2) is 9.59 Å². The molecule has 1 aliphatic carbocycles. The number of carbonyl (C=O) groups excluding carboxylic acids is 1. The summed E-state index contributed by atoms with van der Waals surface area (Å²) in [4.78, 5) is 39.0. The Bertz CT molecular complexity index is 823. The first-order chi connectivity index (χ1) is 11.9. The van der Waals surface area contributed by atoms with Crippen LogP contribution in [0.25, 0.3) is 0 Å². The van der Waals surface area contributed by atoms with Gasteiger partial charge in [-0.2, -0.15) is 5.10 Å². The molecule has 1 aromatic heterocycles. The van der Waals surface area contributed by atoms with Crippen LogP contribution in [0.3, 0.4) is 0 Å². The topological polar surface area (TPSA) is 86.4 Å². The molecule has 136 valence electrons. The van der Waals surface area contributed by atoms with Crippen molar-refractivity contribution in [3.8, 4) is 0 Å². The van der Waals surface area contributed by atoms with Gasteiger partial charge in [-0.15, -0.1) is 0 Å². The van der Waals surface area contributed by atoms with E-state index in [2.05, 4.69) is 5.10 Å². The Morgan fingerprint density at radius 2 is 2.04 bits per heavy atom. The fourth-order valence-electron chi connectivity index (χ4n) is 3.74. The fraction of sp³-hybridized carbons (Fsp3) is 0.765. The molecule has 0 bridgehead atoms. The van der Waals surface area contributed by atoms with Crippen LogP contribution in [0.2, 0.25) is 0 Å². The van der Waals surface area contributed by atoms with Gasteiger partial charge >= 0.3 is 11.1 Å². The molecule has 1 atom stereocenters. The number of ether oxygens (including phenoxy) is 1. The molecule has 3 heterocycles. The van der Waals surface area contributed by atoms with Gasteiger partial charge < -0.3 is 9.64 Å². The highest BCUT2D eigenvalue weighted by Crippen LogP contribution is 2.36. The first-order valence-electron chi connectivity index (χ1n) is 9.02. The van der Waals surface area contributed by atoms with Crippen LogP contribution < -0.4 is 11.1 Å². The quantitative estimate of drug-likeness (QED) is 0.716. The van der Waals surface area contributed by atoms with Crippen molar-refractivity contribution in [2.75, 3.05) is 13.1 Å². The van der Waals surface area contributed by atoms with Gasteiger partial charge in [0.15, 0.2) is 5.82 Å². The monoisotopic (exact) mass is 348 g/mol. The van der Waals surface area contributed by atoms with Gasteiger partial charge in [-0.05, 0) is 25.2 Å². The van der Waals surface area contributed by atoms with Crippen LogP contribution in [0.1, 0.15) is 38.9 Å². The van der Waals surface area contributed by atoms with Gasteiger partial charge in [-0.3, -0.25) is 19.0 Å². The molecule has 0 aromatic carbocycles. The van der Waals surface area contributed by atoms with Crippen molar-refractivity contribution in [3.63, 3.8) is 0 Å². The van der Waals surface area contributed by atoms with E-state index < -0.39 is 16.7 Å². The van der Waals surface area contributed by atoms with Crippen LogP contribution in [0, 0.1) is 11.8 Å². The van der Waals surface area contributed by atoms with E-state index in [0.717, 1.165) is 12.8 Å². The summed E-state index contributed by atoms with van der Waals surface area (Å²) < 4.78 is 8.76. The molecule has 0 N–H and O–H groups in total. The standard InChI is InChI=1S/C17H24N4O4/c1-11(2)7-21-16(24)15(23)20-10-17(25-8-13(20)18-21)5-6-19(9-17)14(22)12-3-4-12/h11-12H,3-10H2,1-2H3/t17-/m0/s1. The van der Waals surface area contributed by atoms with Crippen LogP contribution in [0.4, 0.5) is 0 Å². The molecule has 2 fully saturated rings. The molecule has 0 radical (unpaired) electrons. The lowest BCUT2D eigenvalue weighted by Gasteiger charge is -2.35. The molecule has 1 saturated carbocycles. The number of hydrogen-bond acceptors (Lipinski definition) is 5. The molecule has 4 rings (SSSR count). The molecular formula is C17H24N4O4. The number of amides is 1. The van der Waals surface area contributed by atoms with Crippen molar-refractivity contribution < 1.29 is 9.53 Å². The van der Waals surface area contributed by atoms with Gasteiger partial charge in [0.1, 0.15) is 12.2 Å². The third kappa shape index (κ3) is 2.92. The Hall–Kier alpha value is -1.96. The maximum atomic E-state index is 12.5. The number of aromatic nitrogens is 3. The van der Waals surface area contributed by atoms with E-state index in [9.17, 15) is 14.4 Å². The van der Waals surface area contributed by atoms with E-state index in [1.165, 1.54) is 9.25 Å². The van der Waals surface area contributed by atoms with Gasteiger partial charge in [0.25, 0.3) is 0 Å². The van der Waals surface area contributed by atoms with E-state index >= 15 is 0 Å². The number of hydrogen-bond donors (Lipinski definition) is 0. The van der Waals surface area contributed by atoms with Crippen molar-refractivity contribution in [2.24, 2.45) is 11.8 Å². The number of rotatable bonds is 3. The molecule has 1 spiro atoms. The van der Waals surface area contributed by atoms with Crippen LogP contribution in [-0.4, -0.2) is 43.8 Å². The lowest BCUT2D eigenvalue weighted by Crippen LogP contribution is -2.53. The van der Waals surface area contributed by atoms with Crippen LogP contribution in [0.5, 0.6) is 0 Å². The summed E-state index contributed by atoms with van der Waals surface area (Å²) in [5.41, 5.74) is -1.70. The predicted octanol–water partition coefficient (Wildman–Crippen LogP) is -0.0277. The molecule has 1 aromatic rings. The van der Waals surface area contributed by atoms with Crippen molar-refractivity contribution >= 4 is 5.91 Å². The third-order valence-corrected chi connectivity index (χ3v) is 5.26. The van der Waals surface area contributed by atoms with Crippen molar-refractivity contribution in [3.05, 3.63) is 26.5 Å². The second-order valence-electron chi connectivity index (χ2n) is 7.94. The van der Waals surface area contributed by atoms with Gasteiger partial charge in [0.05, 0.1) is 13.1 Å². The van der Waals surface area contributed by atoms with E-state index in [1.54, 1.807) is 0 Å². The zero-order valence-electron chi connectivity index (χ0n) is 14.7. The highest BCUT2D eigenvalue weighted by Gasteiger charge is 2.46. The van der Waals surface area contributed by atoms with Gasteiger partial charge in [-0.1, -0.05) is 13.8 Å². The molecule has 25 heavy (non-hydrogen) atoms. The lowest BCUT2D eigenvalue weighted by molar-refractivity contribution is -0.134. The average Bonchev–Trinajstić information content (AvgIpc) is 3.34. The van der Waals surface area contributed by atoms with E-state index in [1.807, 2.05) is 18.7 Å². The smallest absolute Gasteiger partial charge is 0.332 e. The minimum Gasteiger partial charge on any atom is -0.363 e. The Labute approximate surface area is 145 Å². The normalized spacial score (nSPS) is 25.6. The highest BCUT2D eigenvalue weighted by atomic mass is 16.5. The summed E-state index contributed by atoms with van der Waals surface area (Å²) >= 11 is 0. The number of fused-ring (bicyclic) bond motifs is 1. The molecule has 2 aliphatic heterocycles. The molecule has 8 heteroatoms. The minimum atomic E-state index is -0.585. The van der Waals surface area contributed by atoms with Gasteiger partial charge in [0, 0.05) is 19.0 Å².